The van der Waals surface area contributed by atoms with Gasteiger partial charge in [-0.15, -0.1) is 0 Å². The van der Waals surface area contributed by atoms with Crippen molar-refractivity contribution in [2.24, 2.45) is 5.92 Å². The third kappa shape index (κ3) is 4.89. The summed E-state index contributed by atoms with van der Waals surface area (Å²) in [6.07, 6.45) is 7.83. The first kappa shape index (κ1) is 17.2. The number of rotatable bonds is 9. The molecule has 0 unspecified atom stereocenters. The Morgan fingerprint density at radius 1 is 1.25 bits per heavy atom. The Hall–Kier alpha value is -0.900. The van der Waals surface area contributed by atoms with Gasteiger partial charge in [-0.25, -0.2) is 0 Å². The number of Topliss-reactive ketones (excluding diaryl/α,β-unsaturated/α-hetero) is 1. The second-order valence-corrected chi connectivity index (χ2v) is 5.86. The predicted octanol–water partition coefficient (Wildman–Crippen LogP) is 2.54. The van der Waals surface area contributed by atoms with Gasteiger partial charge in [-0.3, -0.25) is 9.59 Å². The molecule has 1 saturated heterocycles. The normalized spacial score (nSPS) is 20.1. The molecule has 1 rings (SSSR count). The van der Waals surface area contributed by atoms with E-state index in [-0.39, 0.29) is 24.3 Å². The van der Waals surface area contributed by atoms with Gasteiger partial charge in [-0.1, -0.05) is 32.6 Å². The molecule has 4 nitrogen and oxygen atoms in total. The van der Waals surface area contributed by atoms with Crippen LogP contribution in [0.1, 0.15) is 65.2 Å². The highest BCUT2D eigenvalue weighted by molar-refractivity contribution is 6.01. The number of aliphatic hydroxyl groups excluding tert-OH is 1. The van der Waals surface area contributed by atoms with E-state index in [9.17, 15) is 14.7 Å². The Bertz CT molecular complexity index is 317. The minimum absolute atomic E-state index is 0.00364. The molecule has 1 aliphatic heterocycles. The minimum atomic E-state index is -0.548. The van der Waals surface area contributed by atoms with Crippen LogP contribution in [-0.4, -0.2) is 40.9 Å². The molecule has 20 heavy (non-hydrogen) atoms. The lowest BCUT2D eigenvalue weighted by molar-refractivity contribution is -0.141. The van der Waals surface area contributed by atoms with Crippen molar-refractivity contribution in [2.75, 3.05) is 13.2 Å². The van der Waals surface area contributed by atoms with E-state index in [1.165, 1.54) is 19.3 Å². The largest absolute Gasteiger partial charge is 0.394 e. The number of carbonyl (C=O) groups is 2. The van der Waals surface area contributed by atoms with E-state index in [1.54, 1.807) is 11.8 Å². The molecular formula is C16H29NO3. The van der Waals surface area contributed by atoms with Crippen molar-refractivity contribution in [3.8, 4) is 0 Å². The molecule has 116 valence electrons. The van der Waals surface area contributed by atoms with Gasteiger partial charge >= 0.3 is 0 Å². The van der Waals surface area contributed by atoms with Crippen LogP contribution in [0.5, 0.6) is 0 Å². The fourth-order valence-corrected chi connectivity index (χ4v) is 2.82. The molecule has 0 saturated carbocycles. The summed E-state index contributed by atoms with van der Waals surface area (Å²) in [5, 5.41) is 9.25. The molecule has 0 radical (unpaired) electrons. The maximum absolute atomic E-state index is 12.3. The van der Waals surface area contributed by atoms with Crippen LogP contribution in [0, 0.1) is 5.92 Å². The van der Waals surface area contributed by atoms with Gasteiger partial charge in [0.05, 0.1) is 18.6 Å². The molecule has 0 aromatic heterocycles. The summed E-state index contributed by atoms with van der Waals surface area (Å²) in [7, 11) is 0. The number of carbonyl (C=O) groups excluding carboxylic acids is 2. The van der Waals surface area contributed by atoms with E-state index in [0.717, 1.165) is 25.7 Å². The zero-order valence-electron chi connectivity index (χ0n) is 12.9. The molecule has 0 aromatic rings. The Kier molecular flexibility index (Phi) is 7.82. The zero-order chi connectivity index (χ0) is 15.0. The van der Waals surface area contributed by atoms with Crippen LogP contribution in [-0.2, 0) is 9.59 Å². The maximum Gasteiger partial charge on any atom is 0.233 e. The zero-order valence-corrected chi connectivity index (χ0v) is 12.9. The van der Waals surface area contributed by atoms with Gasteiger partial charge in [0.25, 0.3) is 0 Å². The quantitative estimate of drug-likeness (QED) is 0.522. The van der Waals surface area contributed by atoms with Crippen molar-refractivity contribution in [3.63, 3.8) is 0 Å². The van der Waals surface area contributed by atoms with Crippen molar-refractivity contribution in [3.05, 3.63) is 0 Å². The fraction of sp³-hybridized carbons (Fsp3) is 0.875. The molecule has 0 bridgehead atoms. The number of amides is 1. The minimum Gasteiger partial charge on any atom is -0.394 e. The molecule has 1 N–H and O–H groups in total. The number of likely N-dealkylation sites (tertiary alicyclic amines) is 1. The summed E-state index contributed by atoms with van der Waals surface area (Å²) < 4.78 is 0. The molecule has 0 aromatic carbocycles. The first-order valence-electron chi connectivity index (χ1n) is 8.05. The molecule has 1 aliphatic rings. The van der Waals surface area contributed by atoms with Crippen molar-refractivity contribution in [1.82, 2.24) is 4.90 Å². The topological polar surface area (TPSA) is 57.6 Å². The molecular weight excluding hydrogens is 254 g/mol. The van der Waals surface area contributed by atoms with Crippen LogP contribution in [0.4, 0.5) is 0 Å². The van der Waals surface area contributed by atoms with Crippen molar-refractivity contribution in [1.29, 1.82) is 0 Å². The molecule has 1 amide bonds. The van der Waals surface area contributed by atoms with Crippen LogP contribution in [0.3, 0.4) is 0 Å². The Balaban J connectivity index is 2.34. The molecule has 0 spiro atoms. The van der Waals surface area contributed by atoms with Crippen molar-refractivity contribution < 1.29 is 14.7 Å². The number of hydrogen-bond donors (Lipinski definition) is 1. The molecule has 1 heterocycles. The van der Waals surface area contributed by atoms with Gasteiger partial charge < -0.3 is 10.0 Å². The van der Waals surface area contributed by atoms with Crippen LogP contribution in [0.2, 0.25) is 0 Å². The molecule has 4 heteroatoms. The Labute approximate surface area is 122 Å². The summed E-state index contributed by atoms with van der Waals surface area (Å²) >= 11 is 0. The summed E-state index contributed by atoms with van der Waals surface area (Å²) in [6, 6.07) is -0.0812. The second-order valence-electron chi connectivity index (χ2n) is 5.86. The fourth-order valence-electron chi connectivity index (χ4n) is 2.82. The number of ketones is 1. The van der Waals surface area contributed by atoms with Gasteiger partial charge in [-0.2, -0.15) is 0 Å². The average molecular weight is 283 g/mol. The number of aliphatic hydroxyl groups is 1. The summed E-state index contributed by atoms with van der Waals surface area (Å²) in [4.78, 5) is 26.0. The lowest BCUT2D eigenvalue weighted by Crippen LogP contribution is -2.42. The summed E-state index contributed by atoms with van der Waals surface area (Å²) in [6.45, 7) is 4.56. The lowest BCUT2D eigenvalue weighted by Gasteiger charge is -2.25. The van der Waals surface area contributed by atoms with Gasteiger partial charge in [0, 0.05) is 13.0 Å². The Morgan fingerprint density at radius 2 is 1.95 bits per heavy atom. The van der Waals surface area contributed by atoms with Crippen molar-refractivity contribution in [2.45, 2.75) is 71.3 Å². The van der Waals surface area contributed by atoms with Gasteiger partial charge in [-0.05, 0) is 26.2 Å². The highest BCUT2D eigenvalue weighted by atomic mass is 16.3. The van der Waals surface area contributed by atoms with Gasteiger partial charge in [0.1, 0.15) is 5.78 Å². The Morgan fingerprint density at radius 3 is 2.60 bits per heavy atom. The summed E-state index contributed by atoms with van der Waals surface area (Å²) in [5.74, 6) is -0.594. The smallest absolute Gasteiger partial charge is 0.233 e. The van der Waals surface area contributed by atoms with E-state index in [1.807, 2.05) is 0 Å². The number of hydrogen-bond acceptors (Lipinski definition) is 3. The van der Waals surface area contributed by atoms with E-state index in [0.29, 0.717) is 13.0 Å². The van der Waals surface area contributed by atoms with Gasteiger partial charge in [0.2, 0.25) is 5.91 Å². The SMILES string of the molecule is CCCCCCCC(=O)[C@H](C)C(=O)N1CCC[C@@H]1CO. The highest BCUT2D eigenvalue weighted by Gasteiger charge is 2.33. The third-order valence-corrected chi connectivity index (χ3v) is 4.25. The van der Waals surface area contributed by atoms with Crippen LogP contribution in [0.25, 0.3) is 0 Å². The summed E-state index contributed by atoms with van der Waals surface area (Å²) in [5.41, 5.74) is 0. The first-order valence-corrected chi connectivity index (χ1v) is 8.05. The van der Waals surface area contributed by atoms with Crippen LogP contribution in [0.15, 0.2) is 0 Å². The highest BCUT2D eigenvalue weighted by Crippen LogP contribution is 2.20. The van der Waals surface area contributed by atoms with Crippen molar-refractivity contribution >= 4 is 11.7 Å². The maximum atomic E-state index is 12.3. The average Bonchev–Trinajstić information content (AvgIpc) is 2.93. The van der Waals surface area contributed by atoms with E-state index in [4.69, 9.17) is 0 Å². The number of unbranched alkanes of at least 4 members (excludes halogenated alkanes) is 4. The molecule has 0 aliphatic carbocycles. The monoisotopic (exact) mass is 283 g/mol. The number of nitrogens with zero attached hydrogens (tertiary/aromatic N) is 1. The molecule has 2 atom stereocenters. The standard InChI is InChI=1S/C16H29NO3/c1-3-4-5-6-7-10-15(19)13(2)16(20)17-11-8-9-14(17)12-18/h13-14,18H,3-12H2,1-2H3/t13-,14+/m0/s1. The van der Waals surface area contributed by atoms with Crippen LogP contribution < -0.4 is 0 Å². The molecule has 1 fully saturated rings. The predicted molar refractivity (Wildman–Crippen MR) is 79.4 cm³/mol. The van der Waals surface area contributed by atoms with Crippen LogP contribution >= 0.6 is 0 Å². The second kappa shape index (κ2) is 9.11. The third-order valence-electron chi connectivity index (χ3n) is 4.25. The lowest BCUT2D eigenvalue weighted by atomic mass is 9.98. The van der Waals surface area contributed by atoms with E-state index in [2.05, 4.69) is 6.92 Å². The van der Waals surface area contributed by atoms with Gasteiger partial charge in [0.15, 0.2) is 0 Å². The van der Waals surface area contributed by atoms with E-state index >= 15 is 0 Å². The van der Waals surface area contributed by atoms with E-state index < -0.39 is 5.92 Å². The first-order chi connectivity index (χ1) is 9.61.